The van der Waals surface area contributed by atoms with Crippen LogP contribution >= 0.6 is 0 Å². The molecule has 0 spiro atoms. The van der Waals surface area contributed by atoms with Crippen LogP contribution in [0.15, 0.2) is 12.3 Å². The fourth-order valence-electron chi connectivity index (χ4n) is 2.88. The average Bonchev–Trinajstić information content (AvgIpc) is 3.09. The summed E-state index contributed by atoms with van der Waals surface area (Å²) in [6.45, 7) is 3.70. The summed E-state index contributed by atoms with van der Waals surface area (Å²) < 4.78 is 5.49. The monoisotopic (exact) mass is 305 g/mol. The van der Waals surface area contributed by atoms with Gasteiger partial charge in [-0.2, -0.15) is 5.10 Å². The van der Waals surface area contributed by atoms with Gasteiger partial charge in [0.2, 0.25) is 0 Å². The van der Waals surface area contributed by atoms with E-state index < -0.39 is 0 Å². The van der Waals surface area contributed by atoms with Crippen LogP contribution in [0.3, 0.4) is 0 Å². The molecule has 0 N–H and O–H groups in total. The fourth-order valence-corrected chi connectivity index (χ4v) is 2.88. The minimum atomic E-state index is -0.219. The van der Waals surface area contributed by atoms with Crippen molar-refractivity contribution in [3.8, 4) is 0 Å². The van der Waals surface area contributed by atoms with Crippen LogP contribution in [0.1, 0.15) is 12.8 Å². The van der Waals surface area contributed by atoms with E-state index in [4.69, 9.17) is 4.74 Å². The van der Waals surface area contributed by atoms with Crippen molar-refractivity contribution in [2.75, 3.05) is 56.7 Å². The Hall–Kier alpha value is -1.89. The highest BCUT2D eigenvalue weighted by atomic mass is 16.5. The molecule has 2 saturated heterocycles. The molecule has 7 heteroatoms. The Labute approximate surface area is 130 Å². The lowest BCUT2D eigenvalue weighted by Gasteiger charge is -2.36. The summed E-state index contributed by atoms with van der Waals surface area (Å²) in [5.74, 6) is 1.01. The van der Waals surface area contributed by atoms with E-state index in [9.17, 15) is 4.79 Å². The summed E-state index contributed by atoms with van der Waals surface area (Å²) in [5, 5.41) is 8.28. The molecule has 0 aromatic carbocycles. The molecule has 2 fully saturated rings. The van der Waals surface area contributed by atoms with Gasteiger partial charge in [-0.3, -0.25) is 4.79 Å². The second-order valence-electron chi connectivity index (χ2n) is 5.98. The number of aromatic nitrogens is 2. The molecule has 0 radical (unpaired) electrons. The number of nitrogens with zero attached hydrogens (tertiary/aromatic N) is 5. The van der Waals surface area contributed by atoms with Gasteiger partial charge in [-0.05, 0) is 12.8 Å². The van der Waals surface area contributed by atoms with Gasteiger partial charge < -0.3 is 19.4 Å². The molecule has 2 aliphatic heterocycles. The van der Waals surface area contributed by atoms with Crippen LogP contribution in [0.25, 0.3) is 0 Å². The molecule has 7 nitrogen and oxygen atoms in total. The van der Waals surface area contributed by atoms with Crippen molar-refractivity contribution in [1.82, 2.24) is 15.1 Å². The Bertz CT molecular complexity index is 522. The minimum absolute atomic E-state index is 0.144. The number of hydrogen-bond acceptors (Lipinski definition) is 6. The van der Waals surface area contributed by atoms with Gasteiger partial charge in [-0.1, -0.05) is 0 Å². The molecule has 1 aromatic heterocycles. The van der Waals surface area contributed by atoms with Crippen LogP contribution in [0.2, 0.25) is 0 Å². The summed E-state index contributed by atoms with van der Waals surface area (Å²) >= 11 is 0. The SMILES string of the molecule is CN(C)c1cnnc(N2CCN(C(=O)C3CCCO3)CC2)c1. The third-order valence-corrected chi connectivity index (χ3v) is 4.26. The molecule has 2 aliphatic rings. The number of rotatable bonds is 3. The lowest BCUT2D eigenvalue weighted by molar-refractivity contribution is -0.141. The lowest BCUT2D eigenvalue weighted by atomic mass is 10.2. The van der Waals surface area contributed by atoms with E-state index in [1.807, 2.05) is 30.0 Å². The number of piperazine rings is 1. The quantitative estimate of drug-likeness (QED) is 0.804. The number of amides is 1. The van der Waals surface area contributed by atoms with E-state index >= 15 is 0 Å². The molecule has 3 heterocycles. The zero-order valence-electron chi connectivity index (χ0n) is 13.2. The molecule has 1 amide bonds. The van der Waals surface area contributed by atoms with E-state index in [1.165, 1.54) is 0 Å². The van der Waals surface area contributed by atoms with Crippen molar-refractivity contribution in [2.24, 2.45) is 0 Å². The summed E-state index contributed by atoms with van der Waals surface area (Å²) in [6.07, 6.45) is 3.38. The predicted molar refractivity (Wildman–Crippen MR) is 84.1 cm³/mol. The highest BCUT2D eigenvalue weighted by molar-refractivity contribution is 5.81. The fraction of sp³-hybridized carbons (Fsp3) is 0.667. The Kier molecular flexibility index (Phi) is 4.42. The van der Waals surface area contributed by atoms with Crippen molar-refractivity contribution in [3.05, 3.63) is 12.3 Å². The van der Waals surface area contributed by atoms with Crippen LogP contribution in [0.5, 0.6) is 0 Å². The van der Waals surface area contributed by atoms with Crippen molar-refractivity contribution < 1.29 is 9.53 Å². The Balaban J connectivity index is 1.59. The molecule has 22 heavy (non-hydrogen) atoms. The molecule has 1 aromatic rings. The Morgan fingerprint density at radius 3 is 2.73 bits per heavy atom. The topological polar surface area (TPSA) is 61.8 Å². The molecule has 0 saturated carbocycles. The summed E-state index contributed by atoms with van der Waals surface area (Å²) in [5.41, 5.74) is 1.03. The number of ether oxygens (including phenoxy) is 1. The first-order valence-electron chi connectivity index (χ1n) is 7.80. The maximum absolute atomic E-state index is 12.3. The largest absolute Gasteiger partial charge is 0.376 e. The van der Waals surface area contributed by atoms with Gasteiger partial charge in [0, 0.05) is 52.9 Å². The van der Waals surface area contributed by atoms with Gasteiger partial charge in [0.25, 0.3) is 5.91 Å². The molecular formula is C15H23N5O2. The summed E-state index contributed by atoms with van der Waals surface area (Å²) in [6, 6.07) is 2.03. The lowest BCUT2D eigenvalue weighted by Crippen LogP contribution is -2.51. The van der Waals surface area contributed by atoms with Gasteiger partial charge in [0.15, 0.2) is 5.82 Å². The van der Waals surface area contributed by atoms with E-state index in [-0.39, 0.29) is 12.0 Å². The number of anilines is 2. The van der Waals surface area contributed by atoms with Gasteiger partial charge in [0.05, 0.1) is 11.9 Å². The van der Waals surface area contributed by atoms with Gasteiger partial charge in [-0.25, -0.2) is 0 Å². The standard InChI is InChI=1S/C15H23N5O2/c1-18(2)12-10-14(17-16-11-12)19-5-7-20(8-6-19)15(21)13-4-3-9-22-13/h10-11,13H,3-9H2,1-2H3. The molecule has 1 atom stereocenters. The normalized spacial score (nSPS) is 22.0. The van der Waals surface area contributed by atoms with Crippen LogP contribution in [0, 0.1) is 0 Å². The Morgan fingerprint density at radius 1 is 1.32 bits per heavy atom. The van der Waals surface area contributed by atoms with E-state index in [2.05, 4.69) is 15.1 Å². The first kappa shape index (κ1) is 15.0. The molecule has 0 bridgehead atoms. The average molecular weight is 305 g/mol. The maximum atomic E-state index is 12.3. The highest BCUT2D eigenvalue weighted by Gasteiger charge is 2.30. The smallest absolute Gasteiger partial charge is 0.251 e. The van der Waals surface area contributed by atoms with Gasteiger partial charge in [-0.15, -0.1) is 5.10 Å². The van der Waals surface area contributed by atoms with Crippen LogP contribution in [-0.2, 0) is 9.53 Å². The van der Waals surface area contributed by atoms with Crippen LogP contribution < -0.4 is 9.80 Å². The minimum Gasteiger partial charge on any atom is -0.376 e. The molecular weight excluding hydrogens is 282 g/mol. The molecule has 120 valence electrons. The second kappa shape index (κ2) is 6.48. The maximum Gasteiger partial charge on any atom is 0.251 e. The van der Waals surface area contributed by atoms with Crippen LogP contribution in [-0.4, -0.2) is 74.0 Å². The molecule has 0 aliphatic carbocycles. The first-order chi connectivity index (χ1) is 10.6. The van der Waals surface area contributed by atoms with Crippen LogP contribution in [0.4, 0.5) is 11.5 Å². The number of carbonyl (C=O) groups excluding carboxylic acids is 1. The van der Waals surface area contributed by atoms with E-state index in [1.54, 1.807) is 6.20 Å². The van der Waals surface area contributed by atoms with E-state index in [0.29, 0.717) is 19.7 Å². The molecule has 3 rings (SSSR count). The zero-order chi connectivity index (χ0) is 15.5. The third-order valence-electron chi connectivity index (χ3n) is 4.26. The van der Waals surface area contributed by atoms with Crippen molar-refractivity contribution >= 4 is 17.4 Å². The van der Waals surface area contributed by atoms with Crippen molar-refractivity contribution in [3.63, 3.8) is 0 Å². The van der Waals surface area contributed by atoms with Gasteiger partial charge in [0.1, 0.15) is 6.10 Å². The number of carbonyl (C=O) groups is 1. The summed E-state index contributed by atoms with van der Waals surface area (Å²) in [7, 11) is 3.97. The zero-order valence-corrected chi connectivity index (χ0v) is 13.2. The first-order valence-corrected chi connectivity index (χ1v) is 7.80. The highest BCUT2D eigenvalue weighted by Crippen LogP contribution is 2.20. The second-order valence-corrected chi connectivity index (χ2v) is 5.98. The van der Waals surface area contributed by atoms with Gasteiger partial charge >= 0.3 is 0 Å². The van der Waals surface area contributed by atoms with Crippen molar-refractivity contribution in [1.29, 1.82) is 0 Å². The van der Waals surface area contributed by atoms with E-state index in [0.717, 1.165) is 37.4 Å². The summed E-state index contributed by atoms with van der Waals surface area (Å²) in [4.78, 5) is 18.4. The Morgan fingerprint density at radius 2 is 2.09 bits per heavy atom. The number of hydrogen-bond donors (Lipinski definition) is 0. The molecule has 1 unspecified atom stereocenters. The third kappa shape index (κ3) is 3.14. The predicted octanol–water partition coefficient (Wildman–Crippen LogP) is 0.370. The van der Waals surface area contributed by atoms with Crippen molar-refractivity contribution in [2.45, 2.75) is 18.9 Å².